The molecule has 3 rings (SSSR count). The molecule has 2 N–H and O–H groups in total. The molecule has 0 spiro atoms. The van der Waals surface area contributed by atoms with Crippen LogP contribution >= 0.6 is 0 Å². The van der Waals surface area contributed by atoms with Gasteiger partial charge in [0.1, 0.15) is 17.4 Å². The topological polar surface area (TPSA) is 71.3 Å². The van der Waals surface area contributed by atoms with Gasteiger partial charge in [0, 0.05) is 11.9 Å². The third kappa shape index (κ3) is 2.77. The number of fused-ring (bicyclic) bond motifs is 1. The predicted octanol–water partition coefficient (Wildman–Crippen LogP) is 2.14. The average molecular weight is 286 g/mol. The van der Waals surface area contributed by atoms with E-state index in [4.69, 9.17) is 4.42 Å². The molecule has 1 atom stereocenters. The van der Waals surface area contributed by atoms with Gasteiger partial charge in [-0.15, -0.1) is 0 Å². The van der Waals surface area contributed by atoms with E-state index < -0.39 is 6.04 Å². The van der Waals surface area contributed by atoms with Crippen LogP contribution in [0.4, 0.5) is 0 Å². The van der Waals surface area contributed by atoms with Crippen LogP contribution in [-0.4, -0.2) is 24.4 Å². The lowest BCUT2D eigenvalue weighted by molar-refractivity contribution is -0.122. The second-order valence-corrected chi connectivity index (χ2v) is 5.39. The van der Waals surface area contributed by atoms with Crippen LogP contribution in [0.5, 0.6) is 0 Å². The van der Waals surface area contributed by atoms with E-state index in [1.54, 1.807) is 6.07 Å². The zero-order valence-corrected chi connectivity index (χ0v) is 11.9. The number of aryl methyl sites for hydroxylation is 1. The highest BCUT2D eigenvalue weighted by Crippen LogP contribution is 2.23. The van der Waals surface area contributed by atoms with E-state index in [0.717, 1.165) is 24.0 Å². The van der Waals surface area contributed by atoms with Crippen molar-refractivity contribution in [3.05, 3.63) is 35.6 Å². The second-order valence-electron chi connectivity index (χ2n) is 5.39. The summed E-state index contributed by atoms with van der Waals surface area (Å²) < 4.78 is 5.60. The minimum atomic E-state index is -0.466. The quantitative estimate of drug-likeness (QED) is 0.888. The standard InChI is InChI=1S/C16H18N2O3/c1-10-9-11-5-4-6-12(14(11)21-10)15(19)18-13-7-2-3-8-17-16(13)20/h4-6,9,13H,2-3,7-8H2,1H3,(H,17,20)(H,18,19). The van der Waals surface area contributed by atoms with Crippen LogP contribution in [0.25, 0.3) is 11.0 Å². The monoisotopic (exact) mass is 286 g/mol. The van der Waals surface area contributed by atoms with E-state index in [1.807, 2.05) is 25.1 Å². The van der Waals surface area contributed by atoms with Gasteiger partial charge in [-0.05, 0) is 38.3 Å². The molecule has 0 saturated carbocycles. The summed E-state index contributed by atoms with van der Waals surface area (Å²) in [6.45, 7) is 2.53. The zero-order valence-electron chi connectivity index (χ0n) is 11.9. The SMILES string of the molecule is Cc1cc2cccc(C(=O)NC3CCCCNC3=O)c2o1. The number of para-hydroxylation sites is 1. The van der Waals surface area contributed by atoms with Crippen LogP contribution in [0.1, 0.15) is 35.4 Å². The summed E-state index contributed by atoms with van der Waals surface area (Å²) >= 11 is 0. The summed E-state index contributed by atoms with van der Waals surface area (Å²) in [4.78, 5) is 24.3. The van der Waals surface area contributed by atoms with Crippen molar-refractivity contribution in [2.75, 3.05) is 6.54 Å². The van der Waals surface area contributed by atoms with Crippen molar-refractivity contribution in [2.45, 2.75) is 32.2 Å². The molecule has 5 heteroatoms. The van der Waals surface area contributed by atoms with Crippen LogP contribution in [0.3, 0.4) is 0 Å². The Bertz CT molecular complexity index is 690. The number of amides is 2. The molecule has 0 aliphatic carbocycles. The largest absolute Gasteiger partial charge is 0.461 e. The molecule has 2 aromatic rings. The normalized spacial score (nSPS) is 19.1. The maximum atomic E-state index is 12.4. The third-order valence-corrected chi connectivity index (χ3v) is 3.75. The molecule has 2 heterocycles. The van der Waals surface area contributed by atoms with Crippen molar-refractivity contribution in [2.24, 2.45) is 0 Å². The Hall–Kier alpha value is -2.30. The molecule has 5 nitrogen and oxygen atoms in total. The van der Waals surface area contributed by atoms with Gasteiger partial charge in [0.15, 0.2) is 0 Å². The number of carbonyl (C=O) groups excluding carboxylic acids is 2. The van der Waals surface area contributed by atoms with Crippen molar-refractivity contribution in [3.63, 3.8) is 0 Å². The number of furan rings is 1. The molecular weight excluding hydrogens is 268 g/mol. The third-order valence-electron chi connectivity index (χ3n) is 3.75. The number of hydrogen-bond donors (Lipinski definition) is 2. The summed E-state index contributed by atoms with van der Waals surface area (Å²) in [6, 6.07) is 6.87. The molecule has 1 saturated heterocycles. The van der Waals surface area contributed by atoms with Crippen molar-refractivity contribution in [1.29, 1.82) is 0 Å². The molecule has 21 heavy (non-hydrogen) atoms. The first kappa shape index (κ1) is 13.7. The first-order chi connectivity index (χ1) is 10.1. The van der Waals surface area contributed by atoms with Crippen molar-refractivity contribution < 1.29 is 14.0 Å². The van der Waals surface area contributed by atoms with Gasteiger partial charge in [0.05, 0.1) is 5.56 Å². The van der Waals surface area contributed by atoms with E-state index in [2.05, 4.69) is 10.6 Å². The Morgan fingerprint density at radius 2 is 2.24 bits per heavy atom. The first-order valence-corrected chi connectivity index (χ1v) is 7.23. The highest BCUT2D eigenvalue weighted by atomic mass is 16.3. The Labute approximate surface area is 122 Å². The fraction of sp³-hybridized carbons (Fsp3) is 0.375. The Morgan fingerprint density at radius 1 is 1.38 bits per heavy atom. The minimum Gasteiger partial charge on any atom is -0.461 e. The maximum absolute atomic E-state index is 12.4. The van der Waals surface area contributed by atoms with Gasteiger partial charge in [-0.2, -0.15) is 0 Å². The van der Waals surface area contributed by atoms with E-state index >= 15 is 0 Å². The van der Waals surface area contributed by atoms with Gasteiger partial charge in [0.2, 0.25) is 5.91 Å². The molecule has 1 aliphatic rings. The van der Waals surface area contributed by atoms with E-state index in [9.17, 15) is 9.59 Å². The van der Waals surface area contributed by atoms with Gasteiger partial charge in [0.25, 0.3) is 5.91 Å². The number of hydrogen-bond acceptors (Lipinski definition) is 3. The smallest absolute Gasteiger partial charge is 0.255 e. The van der Waals surface area contributed by atoms with Crippen LogP contribution in [0, 0.1) is 6.92 Å². The van der Waals surface area contributed by atoms with E-state index in [1.165, 1.54) is 0 Å². The fourth-order valence-corrected chi connectivity index (χ4v) is 2.68. The fourth-order valence-electron chi connectivity index (χ4n) is 2.68. The molecule has 2 amide bonds. The lowest BCUT2D eigenvalue weighted by Crippen LogP contribution is -2.45. The number of nitrogens with one attached hydrogen (secondary N) is 2. The molecule has 0 bridgehead atoms. The van der Waals surface area contributed by atoms with E-state index in [-0.39, 0.29) is 11.8 Å². The Kier molecular flexibility index (Phi) is 3.64. The Balaban J connectivity index is 1.85. The Morgan fingerprint density at radius 3 is 3.10 bits per heavy atom. The van der Waals surface area contributed by atoms with Crippen LogP contribution in [-0.2, 0) is 4.79 Å². The lowest BCUT2D eigenvalue weighted by atomic mass is 10.1. The van der Waals surface area contributed by atoms with E-state index in [0.29, 0.717) is 24.1 Å². The van der Waals surface area contributed by atoms with Crippen molar-refractivity contribution >= 4 is 22.8 Å². The molecule has 110 valence electrons. The highest BCUT2D eigenvalue weighted by molar-refractivity contribution is 6.06. The summed E-state index contributed by atoms with van der Waals surface area (Å²) in [5.41, 5.74) is 1.04. The van der Waals surface area contributed by atoms with Gasteiger partial charge < -0.3 is 15.1 Å². The molecule has 1 aromatic heterocycles. The number of rotatable bonds is 2. The summed E-state index contributed by atoms with van der Waals surface area (Å²) in [5, 5.41) is 6.52. The molecule has 1 unspecified atom stereocenters. The zero-order chi connectivity index (χ0) is 14.8. The highest BCUT2D eigenvalue weighted by Gasteiger charge is 2.24. The molecule has 1 aliphatic heterocycles. The van der Waals surface area contributed by atoms with Crippen LogP contribution in [0.15, 0.2) is 28.7 Å². The average Bonchev–Trinajstić information content (AvgIpc) is 2.73. The summed E-state index contributed by atoms with van der Waals surface area (Å²) in [7, 11) is 0. The van der Waals surface area contributed by atoms with Crippen LogP contribution in [0.2, 0.25) is 0 Å². The lowest BCUT2D eigenvalue weighted by Gasteiger charge is -2.15. The van der Waals surface area contributed by atoms with Gasteiger partial charge in [-0.1, -0.05) is 12.1 Å². The van der Waals surface area contributed by atoms with Gasteiger partial charge in [-0.25, -0.2) is 0 Å². The first-order valence-electron chi connectivity index (χ1n) is 7.23. The van der Waals surface area contributed by atoms with Crippen LogP contribution < -0.4 is 10.6 Å². The molecule has 0 radical (unpaired) electrons. The molecule has 1 fully saturated rings. The second kappa shape index (κ2) is 5.60. The molecule has 1 aromatic carbocycles. The summed E-state index contributed by atoms with van der Waals surface area (Å²) in [6.07, 6.45) is 2.55. The minimum absolute atomic E-state index is 0.108. The predicted molar refractivity (Wildman–Crippen MR) is 79.1 cm³/mol. The van der Waals surface area contributed by atoms with Gasteiger partial charge in [-0.3, -0.25) is 9.59 Å². The number of benzene rings is 1. The summed E-state index contributed by atoms with van der Waals surface area (Å²) in [5.74, 6) is 0.387. The van der Waals surface area contributed by atoms with Crippen molar-refractivity contribution in [1.82, 2.24) is 10.6 Å². The van der Waals surface area contributed by atoms with Crippen molar-refractivity contribution in [3.8, 4) is 0 Å². The maximum Gasteiger partial charge on any atom is 0.255 e. The van der Waals surface area contributed by atoms with Gasteiger partial charge >= 0.3 is 0 Å². The molecular formula is C16H18N2O3. The number of carbonyl (C=O) groups is 2.